The zero-order valence-electron chi connectivity index (χ0n) is 11.7. The first kappa shape index (κ1) is 15.0. The molecule has 2 rings (SSSR count). The van der Waals surface area contributed by atoms with Gasteiger partial charge in [0.25, 0.3) is 0 Å². The molecule has 0 unspecified atom stereocenters. The maximum Gasteiger partial charge on any atom is 0.315 e. The van der Waals surface area contributed by atoms with Gasteiger partial charge in [-0.15, -0.1) is 0 Å². The average Bonchev–Trinajstić information content (AvgIpc) is 2.51. The van der Waals surface area contributed by atoms with Crippen molar-refractivity contribution >= 4 is 6.03 Å². The van der Waals surface area contributed by atoms with Crippen molar-refractivity contribution in [2.45, 2.75) is 19.4 Å². The number of benzene rings is 1. The molecule has 0 saturated carbocycles. The van der Waals surface area contributed by atoms with Gasteiger partial charge >= 0.3 is 6.03 Å². The van der Waals surface area contributed by atoms with Crippen molar-refractivity contribution in [3.8, 4) is 0 Å². The van der Waals surface area contributed by atoms with E-state index >= 15 is 0 Å². The molecule has 0 fully saturated rings. The minimum absolute atomic E-state index is 0.210. The van der Waals surface area contributed by atoms with Crippen molar-refractivity contribution in [3.63, 3.8) is 0 Å². The number of aromatic nitrogens is 1. The molecule has 0 bridgehead atoms. The zero-order valence-corrected chi connectivity index (χ0v) is 11.7. The van der Waals surface area contributed by atoms with Crippen LogP contribution in [-0.2, 0) is 13.0 Å². The van der Waals surface area contributed by atoms with Crippen molar-refractivity contribution in [3.05, 3.63) is 65.7 Å². The number of hydrogen-bond acceptors (Lipinski definition) is 2. The summed E-state index contributed by atoms with van der Waals surface area (Å²) < 4.78 is 13.0. The van der Waals surface area contributed by atoms with Crippen molar-refractivity contribution < 1.29 is 9.18 Å². The van der Waals surface area contributed by atoms with Crippen LogP contribution >= 0.6 is 0 Å². The second-order valence-electron chi connectivity index (χ2n) is 4.70. The summed E-state index contributed by atoms with van der Waals surface area (Å²) in [5, 5.41) is 5.53. The maximum atomic E-state index is 13.0. The Hall–Kier alpha value is -2.43. The van der Waals surface area contributed by atoms with Crippen LogP contribution in [0.25, 0.3) is 0 Å². The van der Waals surface area contributed by atoms with Gasteiger partial charge in [0.05, 0.1) is 0 Å². The first-order chi connectivity index (χ1) is 10.2. The molecule has 0 atom stereocenters. The third-order valence-electron chi connectivity index (χ3n) is 2.99. The highest BCUT2D eigenvalue weighted by Gasteiger charge is 2.00. The molecule has 0 spiro atoms. The molecule has 0 aliphatic heterocycles. The smallest absolute Gasteiger partial charge is 0.315 e. The fourth-order valence-electron chi connectivity index (χ4n) is 1.93. The van der Waals surface area contributed by atoms with Crippen LogP contribution in [0.1, 0.15) is 17.5 Å². The highest BCUT2D eigenvalue weighted by atomic mass is 19.1. The van der Waals surface area contributed by atoms with Crippen LogP contribution in [0.4, 0.5) is 9.18 Å². The van der Waals surface area contributed by atoms with E-state index < -0.39 is 0 Å². The summed E-state index contributed by atoms with van der Waals surface area (Å²) in [5.74, 6) is -0.227. The van der Waals surface area contributed by atoms with E-state index in [0.29, 0.717) is 13.1 Å². The molecule has 1 heterocycles. The first-order valence-corrected chi connectivity index (χ1v) is 6.89. The van der Waals surface area contributed by atoms with E-state index in [1.165, 1.54) is 12.1 Å². The highest BCUT2D eigenvalue weighted by molar-refractivity contribution is 5.73. The van der Waals surface area contributed by atoms with Gasteiger partial charge in [-0.05, 0) is 42.2 Å². The van der Waals surface area contributed by atoms with Gasteiger partial charge < -0.3 is 10.6 Å². The normalized spacial score (nSPS) is 10.1. The Bertz CT molecular complexity index is 575. The largest absolute Gasteiger partial charge is 0.338 e. The number of pyridine rings is 1. The molecule has 2 N–H and O–H groups in total. The summed E-state index contributed by atoms with van der Waals surface area (Å²) >= 11 is 0. The van der Waals surface area contributed by atoms with Crippen LogP contribution in [0.3, 0.4) is 0 Å². The topological polar surface area (TPSA) is 54.0 Å². The predicted molar refractivity (Wildman–Crippen MR) is 79.2 cm³/mol. The average molecular weight is 287 g/mol. The number of urea groups is 1. The zero-order chi connectivity index (χ0) is 14.9. The van der Waals surface area contributed by atoms with Gasteiger partial charge in [-0.25, -0.2) is 9.18 Å². The summed E-state index contributed by atoms with van der Waals surface area (Å²) in [6.07, 6.45) is 4.91. The molecule has 21 heavy (non-hydrogen) atoms. The Morgan fingerprint density at radius 2 is 2.00 bits per heavy atom. The summed E-state index contributed by atoms with van der Waals surface area (Å²) in [4.78, 5) is 15.6. The summed E-state index contributed by atoms with van der Waals surface area (Å²) in [6.45, 7) is 0.999. The van der Waals surface area contributed by atoms with E-state index in [0.717, 1.165) is 24.0 Å². The van der Waals surface area contributed by atoms with Crippen molar-refractivity contribution in [1.29, 1.82) is 0 Å². The van der Waals surface area contributed by atoms with Gasteiger partial charge in [-0.3, -0.25) is 4.98 Å². The predicted octanol–water partition coefficient (Wildman–Crippen LogP) is 2.65. The molecule has 2 aromatic rings. The van der Waals surface area contributed by atoms with Gasteiger partial charge in [-0.1, -0.05) is 18.2 Å². The fraction of sp³-hybridized carbons (Fsp3) is 0.250. The molecule has 0 aliphatic carbocycles. The second kappa shape index (κ2) is 7.99. The lowest BCUT2D eigenvalue weighted by atomic mass is 10.1. The van der Waals surface area contributed by atoms with E-state index in [2.05, 4.69) is 15.6 Å². The van der Waals surface area contributed by atoms with Crippen molar-refractivity contribution in [1.82, 2.24) is 15.6 Å². The summed E-state index contributed by atoms with van der Waals surface area (Å²) in [5.41, 5.74) is 1.89. The monoisotopic (exact) mass is 287 g/mol. The Balaban J connectivity index is 1.61. The van der Waals surface area contributed by atoms with Gasteiger partial charge in [0.2, 0.25) is 0 Å². The summed E-state index contributed by atoms with van der Waals surface area (Å²) in [7, 11) is 0. The Kier molecular flexibility index (Phi) is 5.70. The summed E-state index contributed by atoms with van der Waals surface area (Å²) in [6, 6.07) is 10.0. The molecule has 0 radical (unpaired) electrons. The molecule has 5 heteroatoms. The van der Waals surface area contributed by atoms with E-state index in [1.54, 1.807) is 18.5 Å². The number of nitrogens with zero attached hydrogens (tertiary/aromatic N) is 1. The van der Waals surface area contributed by atoms with Crippen molar-refractivity contribution in [2.24, 2.45) is 0 Å². The van der Waals surface area contributed by atoms with E-state index in [9.17, 15) is 9.18 Å². The number of hydrogen-bond donors (Lipinski definition) is 2. The Morgan fingerprint density at radius 3 is 2.76 bits per heavy atom. The lowest BCUT2D eigenvalue weighted by Gasteiger charge is -2.07. The number of amides is 2. The first-order valence-electron chi connectivity index (χ1n) is 6.89. The minimum Gasteiger partial charge on any atom is -0.338 e. The highest BCUT2D eigenvalue weighted by Crippen LogP contribution is 2.05. The van der Waals surface area contributed by atoms with E-state index in [1.807, 2.05) is 18.2 Å². The maximum absolute atomic E-state index is 13.0. The number of nitrogens with one attached hydrogen (secondary N) is 2. The second-order valence-corrected chi connectivity index (χ2v) is 4.70. The van der Waals surface area contributed by atoms with E-state index in [4.69, 9.17) is 0 Å². The van der Waals surface area contributed by atoms with Gasteiger partial charge in [-0.2, -0.15) is 0 Å². The molecular weight excluding hydrogens is 269 g/mol. The molecule has 1 aromatic heterocycles. The molecule has 110 valence electrons. The van der Waals surface area contributed by atoms with Gasteiger partial charge in [0, 0.05) is 25.5 Å². The molecule has 0 saturated heterocycles. The standard InChI is InChI=1S/C16H18FN3O/c17-15-7-1-4-13(10-15)5-3-9-19-16(21)20-12-14-6-2-8-18-11-14/h1-2,4,6-8,10-11H,3,5,9,12H2,(H2,19,20,21). The third kappa shape index (κ3) is 5.60. The van der Waals surface area contributed by atoms with Crippen LogP contribution in [-0.4, -0.2) is 17.6 Å². The van der Waals surface area contributed by atoms with Crippen LogP contribution < -0.4 is 10.6 Å². The molecule has 1 aromatic carbocycles. The lowest BCUT2D eigenvalue weighted by Crippen LogP contribution is -2.35. The quantitative estimate of drug-likeness (QED) is 0.803. The number of carbonyl (C=O) groups excluding carboxylic acids is 1. The number of halogens is 1. The molecular formula is C16H18FN3O. The van der Waals surface area contributed by atoms with Gasteiger partial charge in [0.1, 0.15) is 5.82 Å². The SMILES string of the molecule is O=C(NCCCc1cccc(F)c1)NCc1cccnc1. The molecule has 0 aliphatic rings. The van der Waals surface area contributed by atoms with Crippen LogP contribution in [0.5, 0.6) is 0 Å². The lowest BCUT2D eigenvalue weighted by molar-refractivity contribution is 0.240. The Labute approximate surface area is 123 Å². The Morgan fingerprint density at radius 1 is 1.14 bits per heavy atom. The van der Waals surface area contributed by atoms with Crippen LogP contribution in [0.15, 0.2) is 48.8 Å². The van der Waals surface area contributed by atoms with Crippen molar-refractivity contribution in [2.75, 3.05) is 6.54 Å². The van der Waals surface area contributed by atoms with E-state index in [-0.39, 0.29) is 11.8 Å². The molecule has 2 amide bonds. The van der Waals surface area contributed by atoms with Gasteiger partial charge in [0.15, 0.2) is 0 Å². The number of carbonyl (C=O) groups is 1. The van der Waals surface area contributed by atoms with Crippen LogP contribution in [0, 0.1) is 5.82 Å². The number of rotatable bonds is 6. The minimum atomic E-state index is -0.227. The third-order valence-corrected chi connectivity index (χ3v) is 2.99. The number of aryl methyl sites for hydroxylation is 1. The van der Waals surface area contributed by atoms with Crippen LogP contribution in [0.2, 0.25) is 0 Å². The molecule has 4 nitrogen and oxygen atoms in total. The fourth-order valence-corrected chi connectivity index (χ4v) is 1.93.